The van der Waals surface area contributed by atoms with Crippen LogP contribution in [0, 0.1) is 0 Å². The van der Waals surface area contributed by atoms with E-state index in [1.165, 1.54) is 7.11 Å². The maximum Gasteiger partial charge on any atom is 0.322 e. The molecule has 19 heavy (non-hydrogen) atoms. The molecule has 1 atom stereocenters. The van der Waals surface area contributed by atoms with Crippen LogP contribution in [0.2, 0.25) is 0 Å². The van der Waals surface area contributed by atoms with E-state index in [4.69, 9.17) is 4.74 Å². The molecule has 7 nitrogen and oxygen atoms in total. The lowest BCUT2D eigenvalue weighted by Crippen LogP contribution is -2.39. The van der Waals surface area contributed by atoms with Crippen molar-refractivity contribution in [3.8, 4) is 6.01 Å². The molecule has 1 aromatic heterocycles. The van der Waals surface area contributed by atoms with Crippen molar-refractivity contribution in [2.45, 2.75) is 32.3 Å². The van der Waals surface area contributed by atoms with Gasteiger partial charge < -0.3 is 20.1 Å². The van der Waals surface area contributed by atoms with Crippen LogP contribution in [0.3, 0.4) is 0 Å². The minimum Gasteiger partial charge on any atom is -0.467 e. The Morgan fingerprint density at radius 2 is 2.26 bits per heavy atom. The highest BCUT2D eigenvalue weighted by Crippen LogP contribution is 2.19. The zero-order valence-corrected chi connectivity index (χ0v) is 11.5. The number of β-amino-alcohol motifs (C(OH)–C–C–N with tert-alkyl or cyclic N) is 1. The van der Waals surface area contributed by atoms with Gasteiger partial charge in [0.15, 0.2) is 0 Å². The van der Waals surface area contributed by atoms with Gasteiger partial charge in [0.1, 0.15) is 0 Å². The molecule has 7 heteroatoms. The van der Waals surface area contributed by atoms with E-state index in [-0.39, 0.29) is 6.10 Å². The second-order valence-corrected chi connectivity index (χ2v) is 4.61. The van der Waals surface area contributed by atoms with Gasteiger partial charge in [-0.2, -0.15) is 15.0 Å². The highest BCUT2D eigenvalue weighted by atomic mass is 16.5. The summed E-state index contributed by atoms with van der Waals surface area (Å²) in [4.78, 5) is 14.8. The molecule has 1 fully saturated rings. The van der Waals surface area contributed by atoms with E-state index >= 15 is 0 Å². The van der Waals surface area contributed by atoms with Gasteiger partial charge in [-0.25, -0.2) is 0 Å². The van der Waals surface area contributed by atoms with Crippen molar-refractivity contribution in [3.63, 3.8) is 0 Å². The summed E-state index contributed by atoms with van der Waals surface area (Å²) >= 11 is 0. The molecular weight excluding hydrogens is 246 g/mol. The van der Waals surface area contributed by atoms with Crippen LogP contribution in [0.5, 0.6) is 6.01 Å². The summed E-state index contributed by atoms with van der Waals surface area (Å²) in [5, 5.41) is 12.8. The topological polar surface area (TPSA) is 83.4 Å². The molecule has 0 aliphatic carbocycles. The third kappa shape index (κ3) is 3.66. The molecule has 1 aromatic rings. The highest BCUT2D eigenvalue weighted by molar-refractivity contribution is 5.39. The predicted octanol–water partition coefficient (Wildman–Crippen LogP) is 0.663. The van der Waals surface area contributed by atoms with Gasteiger partial charge in [-0.05, 0) is 19.3 Å². The van der Waals surface area contributed by atoms with E-state index in [2.05, 4.69) is 27.2 Å². The Kier molecular flexibility index (Phi) is 4.73. The zero-order chi connectivity index (χ0) is 13.7. The Labute approximate surface area is 113 Å². The van der Waals surface area contributed by atoms with Crippen molar-refractivity contribution < 1.29 is 9.84 Å². The fourth-order valence-electron chi connectivity index (χ4n) is 2.03. The molecule has 2 N–H and O–H groups in total. The lowest BCUT2D eigenvalue weighted by molar-refractivity contribution is 0.153. The van der Waals surface area contributed by atoms with Gasteiger partial charge in [-0.15, -0.1) is 0 Å². The lowest BCUT2D eigenvalue weighted by atomic mass is 10.1. The Morgan fingerprint density at radius 3 is 2.95 bits per heavy atom. The number of aliphatic hydroxyl groups excluding tert-OH is 1. The first-order valence-electron chi connectivity index (χ1n) is 6.70. The number of nitrogens with one attached hydrogen (secondary N) is 1. The van der Waals surface area contributed by atoms with Gasteiger partial charge in [0.2, 0.25) is 11.9 Å². The Balaban J connectivity index is 2.17. The number of methoxy groups -OCH3 is 1. The van der Waals surface area contributed by atoms with Crippen LogP contribution in [0.15, 0.2) is 0 Å². The van der Waals surface area contributed by atoms with Crippen LogP contribution in [0.25, 0.3) is 0 Å². The van der Waals surface area contributed by atoms with Crippen molar-refractivity contribution in [2.24, 2.45) is 0 Å². The van der Waals surface area contributed by atoms with Gasteiger partial charge in [-0.1, -0.05) is 6.92 Å². The number of ether oxygens (including phenoxy) is 1. The fraction of sp³-hybridized carbons (Fsp3) is 0.750. The normalized spacial score (nSPS) is 19.3. The first-order chi connectivity index (χ1) is 9.22. The number of anilines is 2. The first-order valence-corrected chi connectivity index (χ1v) is 6.70. The van der Waals surface area contributed by atoms with Gasteiger partial charge in [0.05, 0.1) is 13.2 Å². The smallest absolute Gasteiger partial charge is 0.322 e. The molecule has 0 amide bonds. The molecule has 1 aliphatic heterocycles. The largest absolute Gasteiger partial charge is 0.467 e. The number of aromatic nitrogens is 3. The molecule has 0 aromatic carbocycles. The van der Waals surface area contributed by atoms with Crippen LogP contribution < -0.4 is 15.0 Å². The number of piperidine rings is 1. The van der Waals surface area contributed by atoms with Crippen molar-refractivity contribution >= 4 is 11.9 Å². The average Bonchev–Trinajstić information content (AvgIpc) is 2.44. The zero-order valence-electron chi connectivity index (χ0n) is 11.5. The average molecular weight is 267 g/mol. The van der Waals surface area contributed by atoms with E-state index in [9.17, 15) is 5.11 Å². The number of hydrogen-bond donors (Lipinski definition) is 2. The molecule has 1 unspecified atom stereocenters. The van der Waals surface area contributed by atoms with Crippen molar-refractivity contribution in [2.75, 3.05) is 37.0 Å². The summed E-state index contributed by atoms with van der Waals surface area (Å²) in [6.45, 7) is 4.28. The second-order valence-electron chi connectivity index (χ2n) is 4.61. The molecule has 0 bridgehead atoms. The molecule has 0 saturated carbocycles. The van der Waals surface area contributed by atoms with Crippen molar-refractivity contribution in [3.05, 3.63) is 0 Å². The van der Waals surface area contributed by atoms with Crippen molar-refractivity contribution in [1.82, 2.24) is 15.0 Å². The van der Waals surface area contributed by atoms with Crippen molar-refractivity contribution in [1.29, 1.82) is 0 Å². The number of nitrogens with zero attached hydrogens (tertiary/aromatic N) is 4. The fourth-order valence-corrected chi connectivity index (χ4v) is 2.03. The minimum absolute atomic E-state index is 0.295. The monoisotopic (exact) mass is 267 g/mol. The van der Waals surface area contributed by atoms with E-state index in [0.717, 1.165) is 32.4 Å². The van der Waals surface area contributed by atoms with E-state index in [1.807, 2.05) is 4.90 Å². The quantitative estimate of drug-likeness (QED) is 0.811. The predicted molar refractivity (Wildman–Crippen MR) is 72.6 cm³/mol. The Morgan fingerprint density at radius 1 is 1.42 bits per heavy atom. The van der Waals surface area contributed by atoms with Gasteiger partial charge in [0, 0.05) is 19.6 Å². The van der Waals surface area contributed by atoms with Crippen LogP contribution in [-0.2, 0) is 0 Å². The summed E-state index contributed by atoms with van der Waals surface area (Å²) in [6, 6.07) is 0.295. The molecule has 1 aliphatic rings. The number of rotatable bonds is 5. The molecule has 0 spiro atoms. The maximum absolute atomic E-state index is 9.72. The Bertz CT molecular complexity index is 415. The summed E-state index contributed by atoms with van der Waals surface area (Å²) < 4.78 is 5.10. The van der Waals surface area contributed by atoms with Crippen LogP contribution in [0.1, 0.15) is 26.2 Å². The van der Waals surface area contributed by atoms with E-state index in [0.29, 0.717) is 24.5 Å². The van der Waals surface area contributed by atoms with Crippen LogP contribution in [0.4, 0.5) is 11.9 Å². The SMILES string of the molecule is CCCNc1nc(OC)nc(N2CCCC(O)C2)n1. The minimum atomic E-state index is -0.316. The third-order valence-electron chi connectivity index (χ3n) is 3.00. The number of aliphatic hydroxyl groups is 1. The summed E-state index contributed by atoms with van der Waals surface area (Å²) in [6.07, 6.45) is 2.45. The molecule has 1 saturated heterocycles. The summed E-state index contributed by atoms with van der Waals surface area (Å²) in [5.41, 5.74) is 0. The maximum atomic E-state index is 9.72. The molecule has 2 rings (SSSR count). The van der Waals surface area contributed by atoms with E-state index in [1.54, 1.807) is 0 Å². The summed E-state index contributed by atoms with van der Waals surface area (Å²) in [5.74, 6) is 1.08. The van der Waals surface area contributed by atoms with Crippen LogP contribution >= 0.6 is 0 Å². The van der Waals surface area contributed by atoms with Crippen LogP contribution in [-0.4, -0.2) is 52.9 Å². The first kappa shape index (κ1) is 13.8. The standard InChI is InChI=1S/C12H21N5O2/c1-3-6-13-10-14-11(16-12(15-10)19-2)17-7-4-5-9(18)8-17/h9,18H,3-8H2,1-2H3,(H,13,14,15,16). The lowest BCUT2D eigenvalue weighted by Gasteiger charge is -2.30. The van der Waals surface area contributed by atoms with Gasteiger partial charge in [-0.3, -0.25) is 0 Å². The third-order valence-corrected chi connectivity index (χ3v) is 3.00. The molecule has 2 heterocycles. The molecular formula is C12H21N5O2. The molecule has 0 radical (unpaired) electrons. The van der Waals surface area contributed by atoms with Gasteiger partial charge in [0.25, 0.3) is 0 Å². The highest BCUT2D eigenvalue weighted by Gasteiger charge is 2.21. The number of hydrogen-bond acceptors (Lipinski definition) is 7. The Hall–Kier alpha value is -1.63. The van der Waals surface area contributed by atoms with Gasteiger partial charge >= 0.3 is 6.01 Å². The summed E-state index contributed by atoms with van der Waals surface area (Å²) in [7, 11) is 1.54. The molecule has 106 valence electrons. The van der Waals surface area contributed by atoms with E-state index < -0.39 is 0 Å². The second kappa shape index (κ2) is 6.51.